The van der Waals surface area contributed by atoms with Gasteiger partial charge in [-0.1, -0.05) is 41.7 Å². The van der Waals surface area contributed by atoms with Gasteiger partial charge in [0.1, 0.15) is 24.1 Å². The lowest BCUT2D eigenvalue weighted by molar-refractivity contribution is -0.122. The predicted molar refractivity (Wildman–Crippen MR) is 145 cm³/mol. The maximum Gasteiger partial charge on any atom is 0.407 e. The molecule has 0 radical (unpaired) electrons. The summed E-state index contributed by atoms with van der Waals surface area (Å²) in [6, 6.07) is 8.80. The van der Waals surface area contributed by atoms with Crippen LogP contribution >= 0.6 is 11.3 Å². The van der Waals surface area contributed by atoms with Gasteiger partial charge in [0, 0.05) is 19.6 Å². The molecule has 38 heavy (non-hydrogen) atoms. The molecule has 1 aliphatic heterocycles. The Morgan fingerprint density at radius 2 is 1.95 bits per heavy atom. The number of nitrogens with zero attached hydrogens (tertiary/aromatic N) is 4. The van der Waals surface area contributed by atoms with Crippen LogP contribution in [0, 0.1) is 0 Å². The van der Waals surface area contributed by atoms with Crippen LogP contribution in [0.15, 0.2) is 35.1 Å². The molecule has 2 amide bonds. The lowest BCUT2D eigenvalue weighted by Gasteiger charge is -2.23. The molecule has 2 atom stereocenters. The minimum Gasteiger partial charge on any atom is -0.444 e. The van der Waals surface area contributed by atoms with Crippen LogP contribution in [0.5, 0.6) is 0 Å². The van der Waals surface area contributed by atoms with E-state index in [1.54, 1.807) is 27.7 Å². The highest BCUT2D eigenvalue weighted by Gasteiger charge is 2.33. The molecule has 4 rings (SSSR count). The normalized spacial score (nSPS) is 16.4. The summed E-state index contributed by atoms with van der Waals surface area (Å²) in [7, 11) is 0. The maximum atomic E-state index is 13.4. The molecule has 0 bridgehead atoms. The molecule has 11 nitrogen and oxygen atoms in total. The number of ether oxygens (including phenoxy) is 1. The fourth-order valence-corrected chi connectivity index (χ4v) is 5.44. The Morgan fingerprint density at radius 1 is 1.21 bits per heavy atom. The van der Waals surface area contributed by atoms with E-state index in [-0.39, 0.29) is 23.8 Å². The van der Waals surface area contributed by atoms with Gasteiger partial charge in [-0.3, -0.25) is 14.2 Å². The summed E-state index contributed by atoms with van der Waals surface area (Å²) in [5.41, 5.74) is 0.122. The van der Waals surface area contributed by atoms with Crippen molar-refractivity contribution in [2.75, 3.05) is 18.0 Å². The van der Waals surface area contributed by atoms with E-state index in [1.165, 1.54) is 15.9 Å². The molecule has 2 aromatic heterocycles. The molecule has 0 unspecified atom stereocenters. The Balaban J connectivity index is 1.53. The number of hydrogen-bond acceptors (Lipinski definition) is 9. The fraction of sp³-hybridized carbons (Fsp3) is 0.500. The van der Waals surface area contributed by atoms with E-state index < -0.39 is 35.9 Å². The number of carbonyl (C=O) groups excluding carboxylic acids is 2. The molecule has 3 heterocycles. The number of aromatic nitrogens is 3. The molecular formula is C26H34N6O5S. The quantitative estimate of drug-likeness (QED) is 0.395. The number of carbonyl (C=O) groups is 2. The third-order valence-corrected chi connectivity index (χ3v) is 7.15. The SMILES string of the molecule is C[C@H](CNC(=O)OC(C)(C)C)n1c(CO)nc2sc(N3CCC[C@@H]3C(=O)NCc3ccccc3)nc2c1=O. The second-order valence-electron chi connectivity index (χ2n) is 10.3. The van der Waals surface area contributed by atoms with Crippen LogP contribution < -0.4 is 21.1 Å². The van der Waals surface area contributed by atoms with Crippen LogP contribution in [0.25, 0.3) is 10.3 Å². The third-order valence-electron chi connectivity index (χ3n) is 6.16. The Morgan fingerprint density at radius 3 is 2.63 bits per heavy atom. The number of anilines is 1. The largest absolute Gasteiger partial charge is 0.444 e. The molecule has 0 saturated carbocycles. The summed E-state index contributed by atoms with van der Waals surface area (Å²) in [6.45, 7) is 7.75. The molecule has 0 spiro atoms. The van der Waals surface area contributed by atoms with Crippen molar-refractivity contribution in [2.24, 2.45) is 0 Å². The van der Waals surface area contributed by atoms with Crippen molar-refractivity contribution in [1.82, 2.24) is 25.2 Å². The Hall–Kier alpha value is -3.51. The molecule has 1 aromatic carbocycles. The van der Waals surface area contributed by atoms with E-state index in [4.69, 9.17) is 4.74 Å². The number of hydrogen-bond donors (Lipinski definition) is 3. The van der Waals surface area contributed by atoms with Crippen molar-refractivity contribution in [3.8, 4) is 0 Å². The van der Waals surface area contributed by atoms with Crippen molar-refractivity contribution >= 4 is 38.8 Å². The van der Waals surface area contributed by atoms with Gasteiger partial charge < -0.3 is 25.4 Å². The molecule has 1 saturated heterocycles. The first-order valence-corrected chi connectivity index (χ1v) is 13.5. The highest BCUT2D eigenvalue weighted by molar-refractivity contribution is 7.21. The molecule has 3 N–H and O–H groups in total. The zero-order valence-corrected chi connectivity index (χ0v) is 22.9. The van der Waals surface area contributed by atoms with Crippen LogP contribution in [-0.4, -0.2) is 56.4 Å². The lowest BCUT2D eigenvalue weighted by atomic mass is 10.2. The molecular weight excluding hydrogens is 508 g/mol. The summed E-state index contributed by atoms with van der Waals surface area (Å²) in [4.78, 5) is 49.9. The molecule has 204 valence electrons. The van der Waals surface area contributed by atoms with Gasteiger partial charge in [0.15, 0.2) is 15.5 Å². The summed E-state index contributed by atoms with van der Waals surface area (Å²) >= 11 is 1.23. The van der Waals surface area contributed by atoms with Crippen molar-refractivity contribution in [2.45, 2.75) is 71.4 Å². The first-order valence-electron chi connectivity index (χ1n) is 12.7. The van der Waals surface area contributed by atoms with Crippen molar-refractivity contribution < 1.29 is 19.4 Å². The van der Waals surface area contributed by atoms with E-state index in [2.05, 4.69) is 20.6 Å². The molecule has 1 aliphatic rings. The van der Waals surface area contributed by atoms with Crippen LogP contribution in [-0.2, 0) is 22.7 Å². The van der Waals surface area contributed by atoms with Crippen LogP contribution in [0.3, 0.4) is 0 Å². The minimum absolute atomic E-state index is 0.0890. The first kappa shape index (κ1) is 27.5. The maximum absolute atomic E-state index is 13.4. The number of fused-ring (bicyclic) bond motifs is 1. The van der Waals surface area contributed by atoms with Crippen molar-refractivity contribution in [3.63, 3.8) is 0 Å². The zero-order valence-electron chi connectivity index (χ0n) is 22.1. The summed E-state index contributed by atoms with van der Waals surface area (Å²) in [6.07, 6.45) is 0.911. The van der Waals surface area contributed by atoms with Gasteiger partial charge >= 0.3 is 6.09 Å². The van der Waals surface area contributed by atoms with E-state index in [0.717, 1.165) is 12.0 Å². The fourth-order valence-electron chi connectivity index (χ4n) is 4.42. The Labute approximate surface area is 224 Å². The highest BCUT2D eigenvalue weighted by Crippen LogP contribution is 2.32. The summed E-state index contributed by atoms with van der Waals surface area (Å²) in [5.74, 6) is 0.0867. The number of aliphatic hydroxyl groups excluding tert-OH is 1. The standard InChI is InChI=1S/C26H34N6O5S/c1-16(13-28-25(36)37-26(2,3)4)32-19(15-33)29-22-20(23(32)35)30-24(38-22)31-12-8-11-18(31)21(34)27-14-17-9-6-5-7-10-17/h5-7,9-10,16,18,33H,8,11-15H2,1-4H3,(H,27,34)(H,28,36)/t16-,18-/m1/s1. The topological polar surface area (TPSA) is 139 Å². The number of rotatable bonds is 8. The van der Waals surface area contributed by atoms with E-state index in [0.29, 0.717) is 29.5 Å². The van der Waals surface area contributed by atoms with Crippen LogP contribution in [0.2, 0.25) is 0 Å². The van der Waals surface area contributed by atoms with Gasteiger partial charge in [0.25, 0.3) is 5.56 Å². The second-order valence-corrected chi connectivity index (χ2v) is 11.3. The molecule has 12 heteroatoms. The average Bonchev–Trinajstić information content (AvgIpc) is 3.53. The zero-order chi connectivity index (χ0) is 27.4. The van der Waals surface area contributed by atoms with E-state index in [9.17, 15) is 19.5 Å². The van der Waals surface area contributed by atoms with Gasteiger partial charge in [0.05, 0.1) is 6.04 Å². The highest BCUT2D eigenvalue weighted by atomic mass is 32.1. The van der Waals surface area contributed by atoms with Gasteiger partial charge in [-0.25, -0.2) is 14.8 Å². The van der Waals surface area contributed by atoms with Gasteiger partial charge in [0.2, 0.25) is 5.91 Å². The van der Waals surface area contributed by atoms with Gasteiger partial charge in [-0.2, -0.15) is 0 Å². The first-order chi connectivity index (χ1) is 18.1. The van der Waals surface area contributed by atoms with Gasteiger partial charge in [-0.15, -0.1) is 0 Å². The number of nitrogens with one attached hydrogen (secondary N) is 2. The summed E-state index contributed by atoms with van der Waals surface area (Å²) < 4.78 is 6.61. The van der Waals surface area contributed by atoms with Gasteiger partial charge in [-0.05, 0) is 46.1 Å². The number of alkyl carbamates (subject to hydrolysis) is 1. The second kappa shape index (κ2) is 11.5. The van der Waals surface area contributed by atoms with Crippen LogP contribution in [0.4, 0.5) is 9.93 Å². The third kappa shape index (κ3) is 6.30. The number of thiazole rings is 1. The number of benzene rings is 1. The Kier molecular flexibility index (Phi) is 8.32. The summed E-state index contributed by atoms with van der Waals surface area (Å²) in [5, 5.41) is 16.2. The van der Waals surface area contributed by atoms with Crippen LogP contribution in [0.1, 0.15) is 58.0 Å². The Bertz CT molecular complexity index is 1350. The van der Waals surface area contributed by atoms with Crippen molar-refractivity contribution in [1.29, 1.82) is 0 Å². The number of amides is 2. The molecule has 3 aromatic rings. The monoisotopic (exact) mass is 542 g/mol. The lowest BCUT2D eigenvalue weighted by Crippen LogP contribution is -2.43. The van der Waals surface area contributed by atoms with E-state index in [1.807, 2.05) is 35.2 Å². The predicted octanol–water partition coefficient (Wildman–Crippen LogP) is 2.72. The minimum atomic E-state index is -0.649. The average molecular weight is 543 g/mol. The number of aliphatic hydroxyl groups is 1. The molecule has 0 aliphatic carbocycles. The van der Waals surface area contributed by atoms with Crippen molar-refractivity contribution in [3.05, 3.63) is 52.1 Å². The van der Waals surface area contributed by atoms with E-state index >= 15 is 0 Å². The molecule has 1 fully saturated rings. The smallest absolute Gasteiger partial charge is 0.407 e.